The molecule has 1 N–H and O–H groups in total. The second-order valence-electron chi connectivity index (χ2n) is 9.14. The summed E-state index contributed by atoms with van der Waals surface area (Å²) in [5.41, 5.74) is -0.220. The second kappa shape index (κ2) is 9.28. The Morgan fingerprint density at radius 1 is 1.07 bits per heavy atom. The summed E-state index contributed by atoms with van der Waals surface area (Å²) in [6.07, 6.45) is 5.54. The van der Waals surface area contributed by atoms with Crippen molar-refractivity contribution in [3.63, 3.8) is 0 Å². The highest BCUT2D eigenvalue weighted by Crippen LogP contribution is 2.34. The Morgan fingerprint density at radius 2 is 1.82 bits per heavy atom. The monoisotopic (exact) mass is 393 g/mol. The molecule has 4 rings (SSSR count). The van der Waals surface area contributed by atoms with Gasteiger partial charge in [0.2, 0.25) is 0 Å². The second-order valence-corrected chi connectivity index (χ2v) is 9.14. The molecule has 0 unspecified atom stereocenters. The van der Waals surface area contributed by atoms with Gasteiger partial charge in [0.1, 0.15) is 5.60 Å². The quantitative estimate of drug-likeness (QED) is 0.728. The van der Waals surface area contributed by atoms with Crippen molar-refractivity contribution in [1.82, 2.24) is 24.9 Å². The van der Waals surface area contributed by atoms with E-state index in [0.717, 1.165) is 84.7 Å². The van der Waals surface area contributed by atoms with Gasteiger partial charge in [0, 0.05) is 71.2 Å². The van der Waals surface area contributed by atoms with Crippen LogP contribution in [0.15, 0.2) is 0 Å². The van der Waals surface area contributed by atoms with Crippen molar-refractivity contribution in [2.24, 2.45) is 0 Å². The molecule has 4 aliphatic heterocycles. The molecule has 1 amide bonds. The smallest absolute Gasteiger partial charge is 0.410 e. The molecule has 160 valence electrons. The number of likely N-dealkylation sites (tertiary alicyclic amines) is 1. The maximum Gasteiger partial charge on any atom is 0.410 e. The van der Waals surface area contributed by atoms with Crippen molar-refractivity contribution < 1.29 is 9.53 Å². The van der Waals surface area contributed by atoms with Gasteiger partial charge in [-0.25, -0.2) is 4.79 Å². The molecule has 4 heterocycles. The van der Waals surface area contributed by atoms with E-state index in [2.05, 4.69) is 26.9 Å². The Balaban J connectivity index is 1.18. The predicted octanol–water partition coefficient (Wildman–Crippen LogP) is 1.05. The van der Waals surface area contributed by atoms with E-state index in [4.69, 9.17) is 4.74 Å². The maximum absolute atomic E-state index is 12.5. The minimum Gasteiger partial charge on any atom is -0.441 e. The van der Waals surface area contributed by atoms with Crippen LogP contribution in [-0.2, 0) is 4.74 Å². The van der Waals surface area contributed by atoms with Crippen LogP contribution >= 0.6 is 0 Å². The number of piperidine rings is 2. The number of nitrogens with one attached hydrogen (secondary N) is 1. The summed E-state index contributed by atoms with van der Waals surface area (Å²) in [6.45, 7) is 15.2. The van der Waals surface area contributed by atoms with Crippen LogP contribution in [0.3, 0.4) is 0 Å². The van der Waals surface area contributed by atoms with E-state index >= 15 is 0 Å². The molecule has 28 heavy (non-hydrogen) atoms. The molecular formula is C21H39N5O2. The SMILES string of the molecule is CCN1CCN(CCCN2CC3(CCN([C@H]4CCCNC4)CC3)OC2=O)CC1. The van der Waals surface area contributed by atoms with Gasteiger partial charge in [-0.15, -0.1) is 0 Å². The van der Waals surface area contributed by atoms with Gasteiger partial charge < -0.3 is 24.8 Å². The lowest BCUT2D eigenvalue weighted by atomic mass is 9.89. The van der Waals surface area contributed by atoms with Crippen LogP contribution < -0.4 is 5.32 Å². The number of carbonyl (C=O) groups excluding carboxylic acids is 1. The lowest BCUT2D eigenvalue weighted by Gasteiger charge is -2.42. The van der Waals surface area contributed by atoms with Crippen LogP contribution in [0.1, 0.15) is 39.0 Å². The summed E-state index contributed by atoms with van der Waals surface area (Å²) < 4.78 is 5.93. The third-order valence-electron chi connectivity index (χ3n) is 7.35. The molecule has 0 aliphatic carbocycles. The Hall–Kier alpha value is -0.890. The van der Waals surface area contributed by atoms with Crippen LogP contribution in [0.25, 0.3) is 0 Å². The van der Waals surface area contributed by atoms with Gasteiger partial charge in [-0.2, -0.15) is 0 Å². The van der Waals surface area contributed by atoms with Crippen LogP contribution in [0, 0.1) is 0 Å². The number of ether oxygens (including phenoxy) is 1. The molecule has 0 aromatic heterocycles. The van der Waals surface area contributed by atoms with Gasteiger partial charge in [-0.1, -0.05) is 6.92 Å². The molecular weight excluding hydrogens is 354 g/mol. The van der Waals surface area contributed by atoms with E-state index in [1.807, 2.05) is 4.90 Å². The van der Waals surface area contributed by atoms with E-state index < -0.39 is 0 Å². The summed E-state index contributed by atoms with van der Waals surface area (Å²) in [6, 6.07) is 0.674. The van der Waals surface area contributed by atoms with E-state index in [1.165, 1.54) is 25.9 Å². The Bertz CT molecular complexity index is 509. The standard InChI is InChI=1S/C21H39N5O2/c1-2-23-13-15-24(16-14-23)9-4-10-26-18-21(28-20(26)27)6-11-25(12-7-21)19-5-3-8-22-17-19/h19,22H,2-18H2,1H3/t19-/m0/s1. The minimum atomic E-state index is -0.220. The fourth-order valence-corrected chi connectivity index (χ4v) is 5.38. The van der Waals surface area contributed by atoms with Crippen molar-refractivity contribution >= 4 is 6.09 Å². The summed E-state index contributed by atoms with van der Waals surface area (Å²) in [4.78, 5) is 22.1. The van der Waals surface area contributed by atoms with Gasteiger partial charge in [0.25, 0.3) is 0 Å². The lowest BCUT2D eigenvalue weighted by molar-refractivity contribution is -0.0127. The van der Waals surface area contributed by atoms with E-state index in [1.54, 1.807) is 0 Å². The molecule has 0 bridgehead atoms. The Kier molecular flexibility index (Phi) is 6.76. The average molecular weight is 394 g/mol. The molecule has 7 heteroatoms. The first-order valence-electron chi connectivity index (χ1n) is 11.5. The zero-order chi connectivity index (χ0) is 19.4. The molecule has 1 spiro atoms. The lowest BCUT2D eigenvalue weighted by Crippen LogP contribution is -2.53. The van der Waals surface area contributed by atoms with Crippen molar-refractivity contribution in [2.45, 2.75) is 50.7 Å². The summed E-state index contributed by atoms with van der Waals surface area (Å²) in [5, 5.41) is 3.52. The first kappa shape index (κ1) is 20.4. The molecule has 7 nitrogen and oxygen atoms in total. The topological polar surface area (TPSA) is 51.3 Å². The molecule has 4 fully saturated rings. The van der Waals surface area contributed by atoms with Crippen molar-refractivity contribution in [1.29, 1.82) is 0 Å². The zero-order valence-corrected chi connectivity index (χ0v) is 17.7. The summed E-state index contributed by atoms with van der Waals surface area (Å²) in [7, 11) is 0. The fraction of sp³-hybridized carbons (Fsp3) is 0.952. The maximum atomic E-state index is 12.5. The van der Waals surface area contributed by atoms with Crippen LogP contribution in [0.5, 0.6) is 0 Å². The van der Waals surface area contributed by atoms with Crippen molar-refractivity contribution in [3.05, 3.63) is 0 Å². The van der Waals surface area contributed by atoms with Crippen LogP contribution in [0.2, 0.25) is 0 Å². The fourth-order valence-electron chi connectivity index (χ4n) is 5.38. The average Bonchev–Trinajstić information content (AvgIpc) is 3.04. The van der Waals surface area contributed by atoms with Crippen molar-refractivity contribution in [3.8, 4) is 0 Å². The number of nitrogens with zero attached hydrogens (tertiary/aromatic N) is 4. The number of rotatable bonds is 6. The predicted molar refractivity (Wildman–Crippen MR) is 111 cm³/mol. The molecule has 0 radical (unpaired) electrons. The van der Waals surface area contributed by atoms with Gasteiger partial charge in [-0.05, 0) is 38.9 Å². The molecule has 4 saturated heterocycles. The highest BCUT2D eigenvalue weighted by Gasteiger charge is 2.47. The minimum absolute atomic E-state index is 0.0800. The molecule has 0 saturated carbocycles. The largest absolute Gasteiger partial charge is 0.441 e. The third-order valence-corrected chi connectivity index (χ3v) is 7.35. The highest BCUT2D eigenvalue weighted by atomic mass is 16.6. The molecule has 0 aromatic carbocycles. The first-order valence-corrected chi connectivity index (χ1v) is 11.5. The number of hydrogen-bond donors (Lipinski definition) is 1. The first-order chi connectivity index (χ1) is 13.7. The third kappa shape index (κ3) is 4.81. The van der Waals surface area contributed by atoms with E-state index in [9.17, 15) is 4.79 Å². The summed E-state index contributed by atoms with van der Waals surface area (Å²) >= 11 is 0. The number of amides is 1. The molecule has 4 aliphatic rings. The molecule has 1 atom stereocenters. The number of hydrogen-bond acceptors (Lipinski definition) is 6. The number of likely N-dealkylation sites (N-methyl/N-ethyl adjacent to an activating group) is 1. The normalized spacial score (nSPS) is 30.1. The number of carbonyl (C=O) groups is 1. The van der Waals surface area contributed by atoms with E-state index in [-0.39, 0.29) is 11.7 Å². The highest BCUT2D eigenvalue weighted by molar-refractivity contribution is 5.70. The van der Waals surface area contributed by atoms with Crippen LogP contribution in [-0.4, -0.2) is 116 Å². The Morgan fingerprint density at radius 3 is 2.50 bits per heavy atom. The number of piperazine rings is 1. The van der Waals surface area contributed by atoms with Crippen molar-refractivity contribution in [2.75, 3.05) is 78.5 Å². The summed E-state index contributed by atoms with van der Waals surface area (Å²) in [5.74, 6) is 0. The Labute approximate surface area is 170 Å². The van der Waals surface area contributed by atoms with Gasteiger partial charge in [0.05, 0.1) is 6.54 Å². The molecule has 0 aromatic rings. The zero-order valence-electron chi connectivity index (χ0n) is 17.7. The van der Waals surface area contributed by atoms with Crippen LogP contribution in [0.4, 0.5) is 4.79 Å². The van der Waals surface area contributed by atoms with Gasteiger partial charge in [-0.3, -0.25) is 4.90 Å². The van der Waals surface area contributed by atoms with Gasteiger partial charge >= 0.3 is 6.09 Å². The van der Waals surface area contributed by atoms with E-state index in [0.29, 0.717) is 6.04 Å². The van der Waals surface area contributed by atoms with Gasteiger partial charge in [0.15, 0.2) is 0 Å².